The number of carbonyl (C=O) groups is 1. The second-order valence-electron chi connectivity index (χ2n) is 7.20. The quantitative estimate of drug-likeness (QED) is 0.453. The SMILES string of the molecule is Cc1ccc2c(c1)c(-n1c(=O)[nH]c3cscc3c1=O)c(C(=O)O)n2Cc1ccccn1. The van der Waals surface area contributed by atoms with Gasteiger partial charge in [0, 0.05) is 22.3 Å². The molecule has 0 bridgehead atoms. The molecule has 0 spiro atoms. The van der Waals surface area contributed by atoms with Crippen LogP contribution >= 0.6 is 11.3 Å². The van der Waals surface area contributed by atoms with E-state index in [0.717, 1.165) is 10.1 Å². The van der Waals surface area contributed by atoms with Crippen LogP contribution in [0.1, 0.15) is 21.7 Å². The first-order chi connectivity index (χ1) is 15.0. The van der Waals surface area contributed by atoms with Gasteiger partial charge >= 0.3 is 11.7 Å². The monoisotopic (exact) mass is 432 g/mol. The molecule has 154 valence electrons. The van der Waals surface area contributed by atoms with Crippen LogP contribution in [0.3, 0.4) is 0 Å². The summed E-state index contributed by atoms with van der Waals surface area (Å²) in [5, 5.41) is 14.3. The van der Waals surface area contributed by atoms with Gasteiger partial charge in [0.05, 0.1) is 34.3 Å². The zero-order valence-corrected chi connectivity index (χ0v) is 17.1. The van der Waals surface area contributed by atoms with Crippen LogP contribution in [-0.2, 0) is 6.54 Å². The number of aromatic nitrogens is 4. The van der Waals surface area contributed by atoms with Gasteiger partial charge in [-0.15, -0.1) is 11.3 Å². The number of carboxylic acids is 1. The van der Waals surface area contributed by atoms with Gasteiger partial charge in [-0.25, -0.2) is 14.2 Å². The molecule has 0 aliphatic rings. The number of hydrogen-bond donors (Lipinski definition) is 2. The molecular weight excluding hydrogens is 416 g/mol. The van der Waals surface area contributed by atoms with E-state index in [1.807, 2.05) is 19.1 Å². The molecular formula is C22H16N4O4S. The van der Waals surface area contributed by atoms with E-state index in [1.165, 1.54) is 11.3 Å². The van der Waals surface area contributed by atoms with Crippen LogP contribution in [0.2, 0.25) is 0 Å². The van der Waals surface area contributed by atoms with Crippen molar-refractivity contribution < 1.29 is 9.90 Å². The van der Waals surface area contributed by atoms with Gasteiger partial charge in [0.2, 0.25) is 0 Å². The first-order valence-electron chi connectivity index (χ1n) is 9.43. The predicted molar refractivity (Wildman–Crippen MR) is 119 cm³/mol. The summed E-state index contributed by atoms with van der Waals surface area (Å²) in [5.41, 5.74) is 1.24. The smallest absolute Gasteiger partial charge is 0.354 e. The Bertz CT molecular complexity index is 1590. The molecule has 2 N–H and O–H groups in total. The van der Waals surface area contributed by atoms with Gasteiger partial charge in [0.1, 0.15) is 0 Å². The largest absolute Gasteiger partial charge is 0.477 e. The topological polar surface area (TPSA) is 110 Å². The maximum atomic E-state index is 13.2. The van der Waals surface area contributed by atoms with E-state index in [2.05, 4.69) is 9.97 Å². The molecule has 31 heavy (non-hydrogen) atoms. The van der Waals surface area contributed by atoms with Crippen molar-refractivity contribution in [3.63, 3.8) is 0 Å². The molecule has 5 aromatic rings. The summed E-state index contributed by atoms with van der Waals surface area (Å²) < 4.78 is 2.51. The number of hydrogen-bond acceptors (Lipinski definition) is 5. The van der Waals surface area contributed by atoms with Crippen molar-refractivity contribution >= 4 is 39.1 Å². The van der Waals surface area contributed by atoms with E-state index >= 15 is 0 Å². The minimum Gasteiger partial charge on any atom is -0.477 e. The normalized spacial score (nSPS) is 11.4. The second kappa shape index (κ2) is 7.06. The highest BCUT2D eigenvalue weighted by molar-refractivity contribution is 7.09. The van der Waals surface area contributed by atoms with E-state index in [4.69, 9.17) is 0 Å². The average molecular weight is 432 g/mol. The lowest BCUT2D eigenvalue weighted by Gasteiger charge is -2.09. The van der Waals surface area contributed by atoms with E-state index in [9.17, 15) is 19.5 Å². The fourth-order valence-corrected chi connectivity index (χ4v) is 4.61. The number of nitrogens with zero attached hydrogens (tertiary/aromatic N) is 3. The number of thiophene rings is 1. The summed E-state index contributed by atoms with van der Waals surface area (Å²) in [5.74, 6) is -1.24. The maximum Gasteiger partial charge on any atom is 0.354 e. The Morgan fingerprint density at radius 2 is 2.00 bits per heavy atom. The Morgan fingerprint density at radius 1 is 1.16 bits per heavy atom. The van der Waals surface area contributed by atoms with Crippen molar-refractivity contribution in [1.29, 1.82) is 0 Å². The molecule has 0 aliphatic carbocycles. The minimum atomic E-state index is -1.24. The summed E-state index contributed by atoms with van der Waals surface area (Å²) in [6, 6.07) is 10.8. The third kappa shape index (κ3) is 2.98. The van der Waals surface area contributed by atoms with Gasteiger partial charge in [-0.3, -0.25) is 9.78 Å². The molecule has 0 unspecified atom stereocenters. The number of pyridine rings is 1. The highest BCUT2D eigenvalue weighted by Crippen LogP contribution is 2.30. The molecule has 0 amide bonds. The lowest BCUT2D eigenvalue weighted by Crippen LogP contribution is -2.34. The Balaban J connectivity index is 1.93. The van der Waals surface area contributed by atoms with Crippen molar-refractivity contribution in [2.45, 2.75) is 13.5 Å². The molecule has 0 aliphatic heterocycles. The molecule has 4 heterocycles. The van der Waals surface area contributed by atoms with Gasteiger partial charge in [-0.05, 0) is 31.2 Å². The Labute approximate surface area is 178 Å². The van der Waals surface area contributed by atoms with Gasteiger partial charge in [-0.2, -0.15) is 0 Å². The van der Waals surface area contributed by atoms with Crippen LogP contribution in [-0.4, -0.2) is 30.2 Å². The number of aryl methyl sites for hydroxylation is 1. The molecule has 0 fully saturated rings. The lowest BCUT2D eigenvalue weighted by molar-refractivity contribution is 0.0686. The summed E-state index contributed by atoms with van der Waals surface area (Å²) >= 11 is 1.29. The molecule has 1 aromatic carbocycles. The number of aromatic amines is 1. The van der Waals surface area contributed by atoms with Crippen LogP contribution in [0, 0.1) is 6.92 Å². The summed E-state index contributed by atoms with van der Waals surface area (Å²) in [6.45, 7) is 2.05. The standard InChI is InChI=1S/C22H16N4O4S/c1-12-5-6-17-14(8-12)18(26-20(27)15-10-31-11-16(15)24-22(26)30)19(21(28)29)25(17)9-13-4-2-3-7-23-13/h2-8,10-11H,9H2,1H3,(H,24,30)(H,28,29). The number of rotatable bonds is 4. The van der Waals surface area contributed by atoms with Crippen molar-refractivity contribution in [3.05, 3.63) is 91.1 Å². The number of nitrogens with one attached hydrogen (secondary N) is 1. The molecule has 0 saturated carbocycles. The second-order valence-corrected chi connectivity index (χ2v) is 7.94. The third-order valence-corrected chi connectivity index (χ3v) is 5.95. The van der Waals surface area contributed by atoms with Crippen LogP contribution in [0.5, 0.6) is 0 Å². The maximum absolute atomic E-state index is 13.2. The lowest BCUT2D eigenvalue weighted by atomic mass is 10.1. The first-order valence-corrected chi connectivity index (χ1v) is 10.4. The molecule has 0 radical (unpaired) electrons. The van der Waals surface area contributed by atoms with Crippen LogP contribution < -0.4 is 11.2 Å². The molecule has 5 rings (SSSR count). The first kappa shape index (κ1) is 19.0. The third-order valence-electron chi connectivity index (χ3n) is 5.20. The van der Waals surface area contributed by atoms with E-state index in [1.54, 1.807) is 45.8 Å². The van der Waals surface area contributed by atoms with Gasteiger partial charge in [-0.1, -0.05) is 17.7 Å². The summed E-state index contributed by atoms with van der Waals surface area (Å²) in [7, 11) is 0. The Kier molecular flexibility index (Phi) is 4.33. The van der Waals surface area contributed by atoms with E-state index < -0.39 is 17.2 Å². The summed E-state index contributed by atoms with van der Waals surface area (Å²) in [4.78, 5) is 45.6. The number of benzene rings is 1. The van der Waals surface area contributed by atoms with Gasteiger partial charge in [0.15, 0.2) is 5.69 Å². The van der Waals surface area contributed by atoms with Crippen molar-refractivity contribution in [2.24, 2.45) is 0 Å². The fourth-order valence-electron chi connectivity index (χ4n) is 3.86. The van der Waals surface area contributed by atoms with Crippen LogP contribution in [0.4, 0.5) is 0 Å². The van der Waals surface area contributed by atoms with Crippen LogP contribution in [0.25, 0.3) is 27.5 Å². The molecule has 8 nitrogen and oxygen atoms in total. The van der Waals surface area contributed by atoms with E-state index in [0.29, 0.717) is 27.5 Å². The van der Waals surface area contributed by atoms with E-state index in [-0.39, 0.29) is 17.9 Å². The average Bonchev–Trinajstić information content (AvgIpc) is 3.32. The predicted octanol–water partition coefficient (Wildman–Crippen LogP) is 3.15. The number of carboxylic acid groups (broad SMARTS) is 1. The highest BCUT2D eigenvalue weighted by atomic mass is 32.1. The van der Waals surface area contributed by atoms with Gasteiger partial charge < -0.3 is 14.7 Å². The molecule has 0 saturated heterocycles. The zero-order valence-electron chi connectivity index (χ0n) is 16.3. The Morgan fingerprint density at radius 3 is 2.74 bits per heavy atom. The van der Waals surface area contributed by atoms with Gasteiger partial charge in [0.25, 0.3) is 5.56 Å². The minimum absolute atomic E-state index is 0.0569. The van der Waals surface area contributed by atoms with Crippen molar-refractivity contribution in [2.75, 3.05) is 0 Å². The fraction of sp³-hybridized carbons (Fsp3) is 0.0909. The molecule has 9 heteroatoms. The molecule has 0 atom stereocenters. The summed E-state index contributed by atoms with van der Waals surface area (Å²) in [6.07, 6.45) is 1.63. The number of aromatic carboxylic acids is 1. The highest BCUT2D eigenvalue weighted by Gasteiger charge is 2.27. The molecule has 4 aromatic heterocycles. The van der Waals surface area contributed by atoms with Crippen molar-refractivity contribution in [1.82, 2.24) is 19.1 Å². The van der Waals surface area contributed by atoms with Crippen LogP contribution in [0.15, 0.2) is 62.9 Å². The Hall–Kier alpha value is -3.98. The number of fused-ring (bicyclic) bond motifs is 2. The van der Waals surface area contributed by atoms with Crippen molar-refractivity contribution in [3.8, 4) is 5.69 Å². The number of H-pyrrole nitrogens is 1. The zero-order chi connectivity index (χ0) is 21.7.